The van der Waals surface area contributed by atoms with Gasteiger partial charge in [-0.2, -0.15) is 0 Å². The minimum atomic E-state index is -0.0262. The maximum atomic E-state index is 12.9. The van der Waals surface area contributed by atoms with Crippen LogP contribution in [0.3, 0.4) is 0 Å². The third-order valence-electron chi connectivity index (χ3n) is 5.61. The summed E-state index contributed by atoms with van der Waals surface area (Å²) >= 11 is 1.62. The first-order chi connectivity index (χ1) is 14.1. The Morgan fingerprint density at radius 1 is 1.24 bits per heavy atom. The predicted molar refractivity (Wildman–Crippen MR) is 113 cm³/mol. The number of carbonyl (C=O) groups is 1. The number of fused-ring (bicyclic) bond motifs is 2. The highest BCUT2D eigenvalue weighted by atomic mass is 32.1. The molecule has 0 bridgehead atoms. The van der Waals surface area contributed by atoms with Gasteiger partial charge in [-0.15, -0.1) is 21.5 Å². The number of thiazole rings is 1. The zero-order valence-corrected chi connectivity index (χ0v) is 17.2. The lowest BCUT2D eigenvalue weighted by atomic mass is 10.1. The third kappa shape index (κ3) is 3.23. The SMILES string of the molecule is Cc1nc(-c2nnc3n2CCC(NC(=O)c2cc4ccccc4n2C)CC3)cs1. The van der Waals surface area contributed by atoms with E-state index >= 15 is 0 Å². The van der Waals surface area contributed by atoms with E-state index in [1.807, 2.05) is 54.3 Å². The van der Waals surface area contributed by atoms with E-state index in [0.29, 0.717) is 5.69 Å². The van der Waals surface area contributed by atoms with E-state index in [9.17, 15) is 4.79 Å². The number of aryl methyl sites for hydroxylation is 3. The van der Waals surface area contributed by atoms with Crippen LogP contribution in [0.2, 0.25) is 0 Å². The molecule has 7 nitrogen and oxygen atoms in total. The third-order valence-corrected chi connectivity index (χ3v) is 6.39. The van der Waals surface area contributed by atoms with Crippen molar-refractivity contribution in [2.75, 3.05) is 0 Å². The summed E-state index contributed by atoms with van der Waals surface area (Å²) < 4.78 is 4.11. The topological polar surface area (TPSA) is 77.6 Å². The molecule has 3 aromatic heterocycles. The number of hydrogen-bond acceptors (Lipinski definition) is 5. The molecule has 29 heavy (non-hydrogen) atoms. The van der Waals surface area contributed by atoms with E-state index in [-0.39, 0.29) is 11.9 Å². The van der Waals surface area contributed by atoms with E-state index in [0.717, 1.165) is 59.1 Å². The number of hydrogen-bond donors (Lipinski definition) is 1. The Labute approximate surface area is 172 Å². The Hall–Kier alpha value is -3.00. The van der Waals surface area contributed by atoms with Gasteiger partial charge in [-0.05, 0) is 31.9 Å². The van der Waals surface area contributed by atoms with Crippen molar-refractivity contribution in [3.05, 3.63) is 52.2 Å². The highest BCUT2D eigenvalue weighted by Gasteiger charge is 2.24. The molecule has 1 aromatic carbocycles. The summed E-state index contributed by atoms with van der Waals surface area (Å²) in [6.07, 6.45) is 2.48. The summed E-state index contributed by atoms with van der Waals surface area (Å²) in [4.78, 5) is 17.5. The lowest BCUT2D eigenvalue weighted by Crippen LogP contribution is -2.36. The average Bonchev–Trinajstić information content (AvgIpc) is 3.38. The predicted octanol–water partition coefficient (Wildman–Crippen LogP) is 3.34. The van der Waals surface area contributed by atoms with Crippen molar-refractivity contribution in [1.82, 2.24) is 29.6 Å². The van der Waals surface area contributed by atoms with Gasteiger partial charge in [-0.3, -0.25) is 4.79 Å². The van der Waals surface area contributed by atoms with Crippen molar-refractivity contribution in [2.24, 2.45) is 7.05 Å². The van der Waals surface area contributed by atoms with Gasteiger partial charge in [0.1, 0.15) is 17.2 Å². The molecule has 1 aliphatic rings. The van der Waals surface area contributed by atoms with Crippen molar-refractivity contribution < 1.29 is 4.79 Å². The van der Waals surface area contributed by atoms with E-state index in [1.165, 1.54) is 0 Å². The van der Waals surface area contributed by atoms with Gasteiger partial charge in [0.05, 0.1) is 5.01 Å². The number of carbonyl (C=O) groups excluding carboxylic acids is 1. The molecule has 1 atom stereocenters. The summed E-state index contributed by atoms with van der Waals surface area (Å²) in [6, 6.07) is 10.1. The second-order valence-electron chi connectivity index (χ2n) is 7.49. The van der Waals surface area contributed by atoms with Gasteiger partial charge in [0.25, 0.3) is 5.91 Å². The Kier molecular flexibility index (Phi) is 4.43. The molecule has 5 rings (SSSR count). The molecule has 4 heterocycles. The Morgan fingerprint density at radius 2 is 2.10 bits per heavy atom. The molecule has 1 aliphatic heterocycles. The van der Waals surface area contributed by atoms with Gasteiger partial charge in [-0.25, -0.2) is 4.98 Å². The molecule has 1 unspecified atom stereocenters. The minimum Gasteiger partial charge on any atom is -0.348 e. The summed E-state index contributed by atoms with van der Waals surface area (Å²) in [7, 11) is 1.94. The fourth-order valence-electron chi connectivity index (χ4n) is 4.05. The van der Waals surface area contributed by atoms with Crippen LogP contribution in [0, 0.1) is 6.92 Å². The fourth-order valence-corrected chi connectivity index (χ4v) is 4.65. The maximum Gasteiger partial charge on any atom is 0.268 e. The van der Waals surface area contributed by atoms with Crippen LogP contribution in [0.25, 0.3) is 22.4 Å². The van der Waals surface area contributed by atoms with Crippen LogP contribution in [0.4, 0.5) is 0 Å². The van der Waals surface area contributed by atoms with Crippen molar-refractivity contribution in [1.29, 1.82) is 0 Å². The van der Waals surface area contributed by atoms with Gasteiger partial charge in [0.15, 0.2) is 5.82 Å². The Bertz CT molecular complexity index is 1200. The minimum absolute atomic E-state index is 0.0262. The molecule has 0 aliphatic carbocycles. The van der Waals surface area contributed by atoms with Crippen molar-refractivity contribution >= 4 is 28.1 Å². The molecule has 8 heteroatoms. The van der Waals surface area contributed by atoms with Crippen LogP contribution >= 0.6 is 11.3 Å². The van der Waals surface area contributed by atoms with Crippen molar-refractivity contribution in [2.45, 2.75) is 38.8 Å². The summed E-state index contributed by atoms with van der Waals surface area (Å²) in [5.74, 6) is 1.76. The Morgan fingerprint density at radius 3 is 2.90 bits per heavy atom. The normalized spacial score (nSPS) is 16.6. The summed E-state index contributed by atoms with van der Waals surface area (Å²) in [6.45, 7) is 2.76. The maximum absolute atomic E-state index is 12.9. The smallest absolute Gasteiger partial charge is 0.268 e. The first-order valence-electron chi connectivity index (χ1n) is 9.80. The second kappa shape index (κ2) is 7.11. The number of nitrogens with zero attached hydrogens (tertiary/aromatic N) is 5. The molecule has 0 fully saturated rings. The number of aromatic nitrogens is 5. The molecular formula is C21H22N6OS. The van der Waals surface area contributed by atoms with Gasteiger partial charge in [0, 0.05) is 42.3 Å². The molecule has 148 valence electrons. The summed E-state index contributed by atoms with van der Waals surface area (Å²) in [5.41, 5.74) is 2.63. The lowest BCUT2D eigenvalue weighted by molar-refractivity contribution is 0.0925. The van der Waals surface area contributed by atoms with Crippen LogP contribution in [-0.4, -0.2) is 36.3 Å². The molecule has 0 saturated carbocycles. The molecule has 4 aromatic rings. The van der Waals surface area contributed by atoms with Gasteiger partial charge in [0.2, 0.25) is 0 Å². The number of rotatable bonds is 3. The average molecular weight is 407 g/mol. The quantitative estimate of drug-likeness (QED) is 0.566. The molecule has 1 amide bonds. The number of para-hydroxylation sites is 1. The standard InChI is InChI=1S/C21H22N6OS/c1-13-22-16(12-29-13)20-25-24-19-8-7-15(9-10-27(19)20)23-21(28)18-11-14-5-3-4-6-17(14)26(18)2/h3-6,11-12,15H,7-10H2,1-2H3,(H,23,28). The lowest BCUT2D eigenvalue weighted by Gasteiger charge is -2.16. The largest absolute Gasteiger partial charge is 0.348 e. The molecular weight excluding hydrogens is 384 g/mol. The fraction of sp³-hybridized carbons (Fsp3) is 0.333. The second-order valence-corrected chi connectivity index (χ2v) is 8.55. The molecule has 0 spiro atoms. The van der Waals surface area contributed by atoms with Crippen LogP contribution in [0.15, 0.2) is 35.7 Å². The zero-order valence-electron chi connectivity index (χ0n) is 16.4. The van der Waals surface area contributed by atoms with E-state index in [2.05, 4.69) is 25.1 Å². The van der Waals surface area contributed by atoms with Crippen LogP contribution < -0.4 is 5.32 Å². The van der Waals surface area contributed by atoms with Gasteiger partial charge >= 0.3 is 0 Å². The highest BCUT2D eigenvalue weighted by Crippen LogP contribution is 2.24. The monoisotopic (exact) mass is 406 g/mol. The number of amides is 1. The first kappa shape index (κ1) is 18.1. The zero-order chi connectivity index (χ0) is 20.0. The molecule has 0 radical (unpaired) electrons. The van der Waals surface area contributed by atoms with E-state index < -0.39 is 0 Å². The van der Waals surface area contributed by atoms with Gasteiger partial charge in [-0.1, -0.05) is 18.2 Å². The van der Waals surface area contributed by atoms with Crippen molar-refractivity contribution in [3.63, 3.8) is 0 Å². The molecule has 0 saturated heterocycles. The van der Waals surface area contributed by atoms with Crippen molar-refractivity contribution in [3.8, 4) is 11.5 Å². The van der Waals surface area contributed by atoms with Crippen LogP contribution in [0.5, 0.6) is 0 Å². The number of nitrogens with one attached hydrogen (secondary N) is 1. The number of benzene rings is 1. The van der Waals surface area contributed by atoms with Gasteiger partial charge < -0.3 is 14.5 Å². The van der Waals surface area contributed by atoms with E-state index in [1.54, 1.807) is 11.3 Å². The first-order valence-corrected chi connectivity index (χ1v) is 10.7. The molecule has 1 N–H and O–H groups in total. The van der Waals surface area contributed by atoms with E-state index in [4.69, 9.17) is 0 Å². The summed E-state index contributed by atoms with van der Waals surface area (Å²) in [5, 5.41) is 16.1. The Balaban J connectivity index is 1.33. The highest BCUT2D eigenvalue weighted by molar-refractivity contribution is 7.09. The van der Waals surface area contributed by atoms with Crippen LogP contribution in [-0.2, 0) is 20.0 Å². The van der Waals surface area contributed by atoms with Crippen LogP contribution in [0.1, 0.15) is 34.2 Å².